The van der Waals surface area contributed by atoms with Crippen LogP contribution in [0.3, 0.4) is 0 Å². The van der Waals surface area contributed by atoms with Gasteiger partial charge >= 0.3 is 12.3 Å². The van der Waals surface area contributed by atoms with Crippen molar-refractivity contribution in [3.63, 3.8) is 0 Å². The second-order valence-electron chi connectivity index (χ2n) is 7.78. The van der Waals surface area contributed by atoms with Crippen LogP contribution in [0.5, 0.6) is 11.5 Å². The number of ether oxygens (including phenoxy) is 2. The largest absolute Gasteiger partial charge is 0.586 e. The van der Waals surface area contributed by atoms with E-state index in [1.54, 1.807) is 31.2 Å². The molecular weight excluding hydrogens is 462 g/mol. The average Bonchev–Trinajstić information content (AvgIpc) is 3.04. The molecular formula is C22H19ClF2N2O6. The average molecular weight is 481 g/mol. The molecule has 4 rings (SSSR count). The van der Waals surface area contributed by atoms with E-state index < -0.39 is 42.1 Å². The zero-order valence-corrected chi connectivity index (χ0v) is 18.0. The third kappa shape index (κ3) is 4.56. The van der Waals surface area contributed by atoms with E-state index in [9.17, 15) is 28.3 Å². The van der Waals surface area contributed by atoms with Gasteiger partial charge in [0.2, 0.25) is 11.8 Å². The maximum Gasteiger partial charge on any atom is 0.586 e. The van der Waals surface area contributed by atoms with E-state index in [0.29, 0.717) is 17.0 Å². The Bertz CT molecular complexity index is 1130. The van der Waals surface area contributed by atoms with Crippen molar-refractivity contribution in [1.29, 1.82) is 0 Å². The number of benzene rings is 2. The van der Waals surface area contributed by atoms with Gasteiger partial charge in [-0.1, -0.05) is 29.8 Å². The zero-order chi connectivity index (χ0) is 23.9. The number of nitrogens with one attached hydrogen (secondary N) is 1. The lowest BCUT2D eigenvalue weighted by Crippen LogP contribution is -2.68. The van der Waals surface area contributed by atoms with Gasteiger partial charge in [0.15, 0.2) is 11.5 Å². The molecule has 1 saturated heterocycles. The van der Waals surface area contributed by atoms with Crippen LogP contribution in [0.25, 0.3) is 0 Å². The molecule has 1 unspecified atom stereocenters. The van der Waals surface area contributed by atoms with E-state index in [-0.39, 0.29) is 18.0 Å². The van der Waals surface area contributed by atoms with E-state index in [1.165, 1.54) is 18.2 Å². The van der Waals surface area contributed by atoms with Crippen LogP contribution in [0.1, 0.15) is 24.1 Å². The van der Waals surface area contributed by atoms with Crippen molar-refractivity contribution >= 4 is 29.4 Å². The first kappa shape index (κ1) is 22.8. The summed E-state index contributed by atoms with van der Waals surface area (Å²) in [6.07, 6.45) is -3.39. The van der Waals surface area contributed by atoms with Crippen molar-refractivity contribution in [2.24, 2.45) is 5.92 Å². The zero-order valence-electron chi connectivity index (χ0n) is 17.3. The Balaban J connectivity index is 1.40. The van der Waals surface area contributed by atoms with Crippen molar-refractivity contribution in [3.05, 3.63) is 58.6 Å². The predicted molar refractivity (Wildman–Crippen MR) is 111 cm³/mol. The number of carbonyl (C=O) groups excluding carboxylic acids is 2. The highest BCUT2D eigenvalue weighted by Crippen LogP contribution is 2.42. The molecule has 0 aromatic heterocycles. The number of halogens is 3. The lowest BCUT2D eigenvalue weighted by molar-refractivity contribution is -0.286. The molecule has 0 bridgehead atoms. The highest BCUT2D eigenvalue weighted by atomic mass is 35.5. The van der Waals surface area contributed by atoms with Gasteiger partial charge in [0.05, 0.1) is 6.04 Å². The van der Waals surface area contributed by atoms with Gasteiger partial charge in [0.1, 0.15) is 12.0 Å². The fraction of sp³-hybridized carbons (Fsp3) is 0.318. The first-order valence-electron chi connectivity index (χ1n) is 10.0. The third-order valence-corrected chi connectivity index (χ3v) is 5.79. The number of amides is 2. The minimum atomic E-state index is -3.77. The summed E-state index contributed by atoms with van der Waals surface area (Å²) in [5, 5.41) is 12.7. The highest BCUT2D eigenvalue weighted by molar-refractivity contribution is 6.30. The van der Waals surface area contributed by atoms with Crippen LogP contribution in [0.15, 0.2) is 42.5 Å². The summed E-state index contributed by atoms with van der Waals surface area (Å²) in [7, 11) is 0. The summed E-state index contributed by atoms with van der Waals surface area (Å²) in [4.78, 5) is 38.2. The summed E-state index contributed by atoms with van der Waals surface area (Å²) >= 11 is 5.95. The fourth-order valence-corrected chi connectivity index (χ4v) is 4.11. The molecule has 3 atom stereocenters. The molecule has 11 heteroatoms. The van der Waals surface area contributed by atoms with Crippen LogP contribution < -0.4 is 14.8 Å². The summed E-state index contributed by atoms with van der Waals surface area (Å²) in [6.45, 7) is 1.69. The van der Waals surface area contributed by atoms with Crippen LogP contribution in [-0.2, 0) is 20.8 Å². The number of carbonyl (C=O) groups is 3. The number of fused-ring (bicyclic) bond motifs is 1. The quantitative estimate of drug-likeness (QED) is 0.466. The Morgan fingerprint density at radius 1 is 1.21 bits per heavy atom. The Hall–Kier alpha value is -3.40. The second kappa shape index (κ2) is 8.51. The summed E-state index contributed by atoms with van der Waals surface area (Å²) in [5.74, 6) is -4.37. The van der Waals surface area contributed by atoms with Crippen molar-refractivity contribution in [3.8, 4) is 11.5 Å². The molecule has 0 saturated carbocycles. The lowest BCUT2D eigenvalue weighted by Gasteiger charge is -2.44. The number of carboxylic acids is 1. The van der Waals surface area contributed by atoms with Crippen LogP contribution in [-0.4, -0.2) is 46.7 Å². The summed E-state index contributed by atoms with van der Waals surface area (Å²) in [6, 6.07) is 8.99. The molecule has 0 spiro atoms. The van der Waals surface area contributed by atoms with Gasteiger partial charge in [0.25, 0.3) is 0 Å². The van der Waals surface area contributed by atoms with Crippen LogP contribution in [0, 0.1) is 5.92 Å². The second-order valence-corrected chi connectivity index (χ2v) is 8.21. The number of rotatable bonds is 7. The minimum absolute atomic E-state index is 0.117. The third-order valence-electron chi connectivity index (χ3n) is 5.55. The van der Waals surface area contributed by atoms with Crippen molar-refractivity contribution < 1.29 is 37.7 Å². The van der Waals surface area contributed by atoms with Crippen LogP contribution in [0.4, 0.5) is 8.78 Å². The Labute approximate surface area is 192 Å². The molecule has 0 radical (unpaired) electrons. The van der Waals surface area contributed by atoms with E-state index >= 15 is 0 Å². The van der Waals surface area contributed by atoms with Crippen molar-refractivity contribution in [2.45, 2.75) is 31.7 Å². The normalized spacial score (nSPS) is 21.3. The number of alkyl halides is 2. The number of nitrogens with zero attached hydrogens (tertiary/aromatic N) is 1. The molecule has 2 N–H and O–H groups in total. The monoisotopic (exact) mass is 480 g/mol. The van der Waals surface area contributed by atoms with Crippen LogP contribution >= 0.6 is 11.6 Å². The SMILES string of the molecule is C[C@@H](NC(=O)C1C(=O)N(CCc2cccc(Cl)c2)[C@H]1C(=O)O)c1ccc2c(c1)OC(F)(F)O2. The molecule has 2 aliphatic heterocycles. The molecule has 2 aliphatic rings. The Morgan fingerprint density at radius 3 is 2.64 bits per heavy atom. The molecule has 2 aromatic carbocycles. The minimum Gasteiger partial charge on any atom is -0.480 e. The number of hydrogen-bond acceptors (Lipinski definition) is 5. The number of hydrogen-bond donors (Lipinski definition) is 2. The molecule has 8 nitrogen and oxygen atoms in total. The summed E-state index contributed by atoms with van der Waals surface area (Å²) in [5.41, 5.74) is 1.24. The Morgan fingerprint density at radius 2 is 1.94 bits per heavy atom. The molecule has 2 aromatic rings. The Kier molecular flexibility index (Phi) is 5.87. The maximum absolute atomic E-state index is 13.2. The number of aliphatic carboxylic acids is 1. The van der Waals surface area contributed by atoms with Gasteiger partial charge in [-0.3, -0.25) is 9.59 Å². The molecule has 0 aliphatic carbocycles. The van der Waals surface area contributed by atoms with Crippen LogP contribution in [0.2, 0.25) is 5.02 Å². The smallest absolute Gasteiger partial charge is 0.480 e. The molecule has 1 fully saturated rings. The first-order valence-corrected chi connectivity index (χ1v) is 10.4. The summed E-state index contributed by atoms with van der Waals surface area (Å²) < 4.78 is 35.2. The maximum atomic E-state index is 13.2. The van der Waals surface area contributed by atoms with E-state index in [4.69, 9.17) is 11.6 Å². The van der Waals surface area contributed by atoms with Gasteiger partial charge in [-0.2, -0.15) is 0 Å². The number of likely N-dealkylation sites (tertiary alicyclic amines) is 1. The van der Waals surface area contributed by atoms with Gasteiger partial charge in [0, 0.05) is 11.6 Å². The fourth-order valence-electron chi connectivity index (χ4n) is 3.89. The van der Waals surface area contributed by atoms with Gasteiger partial charge in [-0.05, 0) is 48.7 Å². The molecule has 2 heterocycles. The van der Waals surface area contributed by atoms with E-state index in [2.05, 4.69) is 14.8 Å². The number of carboxylic acid groups (broad SMARTS) is 1. The van der Waals surface area contributed by atoms with Gasteiger partial charge in [-0.25, -0.2) is 4.79 Å². The topological polar surface area (TPSA) is 105 Å². The molecule has 174 valence electrons. The van der Waals surface area contributed by atoms with E-state index in [1.807, 2.05) is 0 Å². The van der Waals surface area contributed by atoms with E-state index in [0.717, 1.165) is 10.5 Å². The van der Waals surface area contributed by atoms with Crippen molar-refractivity contribution in [1.82, 2.24) is 10.2 Å². The highest BCUT2D eigenvalue weighted by Gasteiger charge is 2.55. The lowest BCUT2D eigenvalue weighted by atomic mass is 9.85. The van der Waals surface area contributed by atoms with Crippen molar-refractivity contribution in [2.75, 3.05) is 6.54 Å². The number of β-lactam (4-membered cyclic amide) rings is 1. The standard InChI is InChI=1S/C22H19ClF2N2O6/c1-11(13-5-6-15-16(10-13)33-22(24,25)32-15)26-19(28)17-18(21(30)31)27(20(17)29)8-7-12-3-2-4-14(23)9-12/h2-6,9-11,17-18H,7-8H2,1H3,(H,26,28)(H,30,31)/t11-,17?,18-/m1/s1. The van der Waals surface area contributed by atoms with Gasteiger partial charge in [-0.15, -0.1) is 8.78 Å². The first-order chi connectivity index (χ1) is 15.6. The predicted octanol–water partition coefficient (Wildman–Crippen LogP) is 2.99. The molecule has 2 amide bonds. The molecule has 33 heavy (non-hydrogen) atoms. The van der Waals surface area contributed by atoms with Gasteiger partial charge < -0.3 is 24.8 Å².